The fraction of sp³-hybridized carbons (Fsp3) is 0.583. The Labute approximate surface area is 95.7 Å². The first-order valence-electron chi connectivity index (χ1n) is 5.41. The van der Waals surface area contributed by atoms with Crippen LogP contribution in [0.4, 0.5) is 13.2 Å². The Morgan fingerprint density at radius 1 is 1.00 bits per heavy atom. The standard InChI is InChI=1S/C8H8F3N.2C2H6/c1-5-3-6(2)12-4-7(5)8(9,10)11;2*1-2/h3-4H,1-2H3;2*1-2H3. The Balaban J connectivity index is 0. The minimum absolute atomic E-state index is 0.218. The lowest BCUT2D eigenvalue weighted by molar-refractivity contribution is -0.138. The molecule has 0 atom stereocenters. The fourth-order valence-electron chi connectivity index (χ4n) is 0.993. The van der Waals surface area contributed by atoms with Crippen molar-refractivity contribution in [3.05, 3.63) is 29.1 Å². The van der Waals surface area contributed by atoms with Crippen molar-refractivity contribution in [3.8, 4) is 0 Å². The number of halogens is 3. The van der Waals surface area contributed by atoms with Crippen molar-refractivity contribution in [2.45, 2.75) is 47.7 Å². The maximum atomic E-state index is 12.1. The van der Waals surface area contributed by atoms with E-state index in [2.05, 4.69) is 4.98 Å². The van der Waals surface area contributed by atoms with Gasteiger partial charge in [0.2, 0.25) is 0 Å². The number of pyridine rings is 1. The van der Waals surface area contributed by atoms with Crippen molar-refractivity contribution in [1.29, 1.82) is 0 Å². The van der Waals surface area contributed by atoms with Crippen LogP contribution in [0.5, 0.6) is 0 Å². The van der Waals surface area contributed by atoms with E-state index in [9.17, 15) is 13.2 Å². The lowest BCUT2D eigenvalue weighted by atomic mass is 10.1. The average molecular weight is 235 g/mol. The molecule has 0 saturated heterocycles. The van der Waals surface area contributed by atoms with Gasteiger partial charge in [-0.05, 0) is 25.5 Å². The van der Waals surface area contributed by atoms with Gasteiger partial charge >= 0.3 is 6.18 Å². The van der Waals surface area contributed by atoms with E-state index < -0.39 is 11.7 Å². The highest BCUT2D eigenvalue weighted by Crippen LogP contribution is 2.30. The summed E-state index contributed by atoms with van der Waals surface area (Å²) in [5.41, 5.74) is 0.156. The molecule has 1 rings (SSSR count). The maximum absolute atomic E-state index is 12.1. The third-order valence-corrected chi connectivity index (χ3v) is 1.55. The van der Waals surface area contributed by atoms with E-state index in [1.165, 1.54) is 13.0 Å². The summed E-state index contributed by atoms with van der Waals surface area (Å²) in [6.45, 7) is 11.1. The molecule has 1 nitrogen and oxygen atoms in total. The van der Waals surface area contributed by atoms with Gasteiger partial charge in [0.1, 0.15) is 0 Å². The zero-order valence-electron chi connectivity index (χ0n) is 10.7. The summed E-state index contributed by atoms with van der Waals surface area (Å²) in [6.07, 6.45) is -3.42. The van der Waals surface area contributed by atoms with Crippen LogP contribution in [0.15, 0.2) is 12.3 Å². The van der Waals surface area contributed by atoms with Gasteiger partial charge in [0.15, 0.2) is 0 Å². The Kier molecular flexibility index (Phi) is 8.81. The van der Waals surface area contributed by atoms with Gasteiger partial charge in [0, 0.05) is 11.9 Å². The number of hydrogen-bond donors (Lipinski definition) is 0. The van der Waals surface area contributed by atoms with Crippen LogP contribution in [0.2, 0.25) is 0 Å². The van der Waals surface area contributed by atoms with Crippen LogP contribution in [0.1, 0.15) is 44.5 Å². The molecule has 0 amide bonds. The minimum atomic E-state index is -4.29. The van der Waals surface area contributed by atoms with E-state index in [-0.39, 0.29) is 5.56 Å². The highest BCUT2D eigenvalue weighted by molar-refractivity contribution is 5.27. The normalized spacial score (nSPS) is 9.56. The molecule has 0 spiro atoms. The summed E-state index contributed by atoms with van der Waals surface area (Å²) in [5, 5.41) is 0. The van der Waals surface area contributed by atoms with Gasteiger partial charge < -0.3 is 0 Å². The van der Waals surface area contributed by atoms with E-state index in [4.69, 9.17) is 0 Å². The van der Waals surface area contributed by atoms with E-state index in [0.29, 0.717) is 5.69 Å². The van der Waals surface area contributed by atoms with Crippen LogP contribution in [0.3, 0.4) is 0 Å². The van der Waals surface area contributed by atoms with Gasteiger partial charge in [-0.1, -0.05) is 27.7 Å². The first-order chi connectivity index (χ1) is 7.41. The summed E-state index contributed by atoms with van der Waals surface area (Å²) in [6, 6.07) is 1.42. The first kappa shape index (κ1) is 17.3. The fourth-order valence-corrected chi connectivity index (χ4v) is 0.993. The van der Waals surface area contributed by atoms with E-state index in [1.54, 1.807) is 6.92 Å². The monoisotopic (exact) mass is 235 g/mol. The molecule has 0 bridgehead atoms. The highest BCUT2D eigenvalue weighted by atomic mass is 19.4. The van der Waals surface area contributed by atoms with Gasteiger partial charge in [-0.15, -0.1) is 0 Å². The summed E-state index contributed by atoms with van der Waals surface area (Å²) in [4.78, 5) is 3.59. The lowest BCUT2D eigenvalue weighted by Crippen LogP contribution is -2.08. The zero-order valence-corrected chi connectivity index (χ0v) is 10.7. The third kappa shape index (κ3) is 5.73. The van der Waals surface area contributed by atoms with Crippen LogP contribution in [-0.2, 0) is 6.18 Å². The predicted molar refractivity (Wildman–Crippen MR) is 61.4 cm³/mol. The van der Waals surface area contributed by atoms with Gasteiger partial charge in [0.05, 0.1) is 5.56 Å². The minimum Gasteiger partial charge on any atom is -0.261 e. The number of hydrogen-bond acceptors (Lipinski definition) is 1. The molecule has 0 aromatic carbocycles. The second-order valence-electron chi connectivity index (χ2n) is 2.64. The van der Waals surface area contributed by atoms with E-state index in [0.717, 1.165) is 6.20 Å². The molecule has 1 aromatic heterocycles. The molecular formula is C12H20F3N. The van der Waals surface area contributed by atoms with Gasteiger partial charge in [-0.2, -0.15) is 13.2 Å². The second kappa shape index (κ2) is 8.13. The number of alkyl halides is 3. The maximum Gasteiger partial charge on any atom is 0.418 e. The lowest BCUT2D eigenvalue weighted by Gasteiger charge is -2.09. The summed E-state index contributed by atoms with van der Waals surface area (Å²) >= 11 is 0. The Morgan fingerprint density at radius 3 is 1.75 bits per heavy atom. The first-order valence-corrected chi connectivity index (χ1v) is 5.41. The quantitative estimate of drug-likeness (QED) is 0.631. The Hall–Kier alpha value is -1.06. The number of aryl methyl sites for hydroxylation is 2. The number of rotatable bonds is 0. The van der Waals surface area contributed by atoms with Gasteiger partial charge in [-0.3, -0.25) is 4.98 Å². The highest BCUT2D eigenvalue weighted by Gasteiger charge is 2.32. The SMILES string of the molecule is CC.CC.Cc1cc(C)c(C(F)(F)F)cn1. The average Bonchev–Trinajstić information content (AvgIpc) is 2.21. The molecule has 0 saturated carbocycles. The smallest absolute Gasteiger partial charge is 0.261 e. The molecule has 0 unspecified atom stereocenters. The molecule has 0 fully saturated rings. The number of nitrogens with zero attached hydrogens (tertiary/aromatic N) is 1. The molecule has 0 aliphatic carbocycles. The van der Waals surface area contributed by atoms with E-state index in [1.807, 2.05) is 27.7 Å². The second-order valence-corrected chi connectivity index (χ2v) is 2.64. The molecule has 0 aliphatic rings. The van der Waals surface area contributed by atoms with Crippen molar-refractivity contribution >= 4 is 0 Å². The summed E-state index contributed by atoms with van der Waals surface area (Å²) in [7, 11) is 0. The summed E-state index contributed by atoms with van der Waals surface area (Å²) in [5.74, 6) is 0. The molecule has 1 aromatic rings. The van der Waals surface area contributed by atoms with Crippen molar-refractivity contribution in [1.82, 2.24) is 4.98 Å². The molecule has 0 N–H and O–H groups in total. The van der Waals surface area contributed by atoms with Crippen LogP contribution >= 0.6 is 0 Å². The van der Waals surface area contributed by atoms with Gasteiger partial charge in [-0.25, -0.2) is 0 Å². The zero-order chi connectivity index (χ0) is 13.4. The summed E-state index contributed by atoms with van der Waals surface area (Å²) < 4.78 is 36.4. The molecule has 1 heterocycles. The topological polar surface area (TPSA) is 12.9 Å². The van der Waals surface area contributed by atoms with Crippen LogP contribution < -0.4 is 0 Å². The van der Waals surface area contributed by atoms with Crippen molar-refractivity contribution < 1.29 is 13.2 Å². The molecule has 0 aliphatic heterocycles. The van der Waals surface area contributed by atoms with Crippen LogP contribution in [-0.4, -0.2) is 4.98 Å². The molecule has 16 heavy (non-hydrogen) atoms. The largest absolute Gasteiger partial charge is 0.418 e. The Bertz CT molecular complexity index is 293. The van der Waals surface area contributed by atoms with Crippen molar-refractivity contribution in [2.24, 2.45) is 0 Å². The van der Waals surface area contributed by atoms with Crippen LogP contribution in [0.25, 0.3) is 0 Å². The van der Waals surface area contributed by atoms with Crippen molar-refractivity contribution in [2.75, 3.05) is 0 Å². The third-order valence-electron chi connectivity index (χ3n) is 1.55. The molecular weight excluding hydrogens is 215 g/mol. The van der Waals surface area contributed by atoms with Crippen molar-refractivity contribution in [3.63, 3.8) is 0 Å². The van der Waals surface area contributed by atoms with Gasteiger partial charge in [0.25, 0.3) is 0 Å². The predicted octanol–water partition coefficient (Wildman–Crippen LogP) is 4.77. The number of aromatic nitrogens is 1. The molecule has 94 valence electrons. The molecule has 0 radical (unpaired) electrons. The van der Waals surface area contributed by atoms with E-state index >= 15 is 0 Å². The van der Waals surface area contributed by atoms with Crippen LogP contribution in [0, 0.1) is 13.8 Å². The molecule has 4 heteroatoms. The Morgan fingerprint density at radius 2 is 1.44 bits per heavy atom.